The van der Waals surface area contributed by atoms with Gasteiger partial charge in [-0.15, -0.1) is 0 Å². The maximum atomic E-state index is 12.0. The Morgan fingerprint density at radius 1 is 1.32 bits per heavy atom. The summed E-state index contributed by atoms with van der Waals surface area (Å²) in [6.45, 7) is 0. The van der Waals surface area contributed by atoms with Crippen molar-refractivity contribution >= 4 is 21.5 Å². The second kappa shape index (κ2) is 5.00. The number of carbonyl (C=O) groups is 1. The maximum absolute atomic E-state index is 12.0. The number of rotatable bonds is 4. The van der Waals surface area contributed by atoms with Crippen LogP contribution in [0.15, 0.2) is 34.3 Å². The van der Waals surface area contributed by atoms with E-state index in [0.717, 1.165) is 0 Å². The highest BCUT2D eigenvalue weighted by atomic mass is 32.2. The number of hydrogen-bond acceptors (Lipinski definition) is 6. The van der Waals surface area contributed by atoms with Crippen LogP contribution in [0.2, 0.25) is 0 Å². The zero-order chi connectivity index (χ0) is 14.0. The molecule has 1 saturated carbocycles. The van der Waals surface area contributed by atoms with Crippen molar-refractivity contribution < 1.29 is 23.2 Å². The molecule has 6 nitrogen and oxygen atoms in total. The lowest BCUT2D eigenvalue weighted by atomic mass is 10.1. The van der Waals surface area contributed by atoms with Crippen LogP contribution >= 0.6 is 0 Å². The van der Waals surface area contributed by atoms with E-state index >= 15 is 0 Å². The first-order valence-corrected chi connectivity index (χ1v) is 7.20. The summed E-state index contributed by atoms with van der Waals surface area (Å²) in [5.41, 5.74) is 0.0296. The standard InChI is InChI=1S/C12H13NO5S/c1-18-12(14)11(13-15)8-2-4-9(5-3-8)19(16,17)10-6-7-10/h2-5,10,15H,6-7H2,1H3/b13-11+. The molecule has 0 aliphatic heterocycles. The molecule has 1 aliphatic carbocycles. The van der Waals surface area contributed by atoms with Crippen molar-refractivity contribution in [3.05, 3.63) is 29.8 Å². The SMILES string of the molecule is COC(=O)/C(=N/O)c1ccc(S(=O)(=O)C2CC2)cc1. The maximum Gasteiger partial charge on any atom is 0.360 e. The highest BCUT2D eigenvalue weighted by molar-refractivity contribution is 7.92. The number of hydrogen-bond donors (Lipinski definition) is 1. The summed E-state index contributed by atoms with van der Waals surface area (Å²) in [6, 6.07) is 5.64. The van der Waals surface area contributed by atoms with Gasteiger partial charge < -0.3 is 9.94 Å². The predicted octanol–water partition coefficient (Wildman–Crippen LogP) is 0.974. The fraction of sp³-hybridized carbons (Fsp3) is 0.333. The third-order valence-electron chi connectivity index (χ3n) is 2.90. The van der Waals surface area contributed by atoms with Gasteiger partial charge in [0.05, 0.1) is 17.3 Å². The number of methoxy groups -OCH3 is 1. The average Bonchev–Trinajstić information content (AvgIpc) is 3.24. The molecule has 1 fully saturated rings. The Kier molecular flexibility index (Phi) is 3.57. The molecule has 0 amide bonds. The molecule has 1 aliphatic rings. The topological polar surface area (TPSA) is 93.0 Å². The predicted molar refractivity (Wildman–Crippen MR) is 67.0 cm³/mol. The van der Waals surface area contributed by atoms with Gasteiger partial charge in [0, 0.05) is 5.56 Å². The van der Waals surface area contributed by atoms with Gasteiger partial charge in [0.15, 0.2) is 15.5 Å². The van der Waals surface area contributed by atoms with Crippen molar-refractivity contribution in [1.82, 2.24) is 0 Å². The highest BCUT2D eigenvalue weighted by Crippen LogP contribution is 2.33. The summed E-state index contributed by atoms with van der Waals surface area (Å²) < 4.78 is 28.4. The van der Waals surface area contributed by atoms with Crippen molar-refractivity contribution in [1.29, 1.82) is 0 Å². The first-order valence-electron chi connectivity index (χ1n) is 5.65. The molecule has 2 rings (SSSR count). The minimum Gasteiger partial charge on any atom is -0.464 e. The summed E-state index contributed by atoms with van der Waals surface area (Å²) in [5.74, 6) is -0.791. The van der Waals surface area contributed by atoms with E-state index in [2.05, 4.69) is 9.89 Å². The van der Waals surface area contributed by atoms with E-state index in [1.165, 1.54) is 31.4 Å². The van der Waals surface area contributed by atoms with Crippen LogP contribution in [0.4, 0.5) is 0 Å². The number of benzene rings is 1. The van der Waals surface area contributed by atoms with Crippen LogP contribution in [0.5, 0.6) is 0 Å². The number of esters is 1. The van der Waals surface area contributed by atoms with Crippen LogP contribution in [-0.4, -0.2) is 37.7 Å². The van der Waals surface area contributed by atoms with E-state index in [1.54, 1.807) is 0 Å². The van der Waals surface area contributed by atoms with Gasteiger partial charge in [-0.1, -0.05) is 17.3 Å². The van der Waals surface area contributed by atoms with E-state index < -0.39 is 15.8 Å². The number of oxime groups is 1. The van der Waals surface area contributed by atoms with E-state index in [-0.39, 0.29) is 15.9 Å². The molecule has 7 heteroatoms. The smallest absolute Gasteiger partial charge is 0.360 e. The van der Waals surface area contributed by atoms with Gasteiger partial charge in [-0.05, 0) is 25.0 Å². The Balaban J connectivity index is 2.30. The van der Waals surface area contributed by atoms with Gasteiger partial charge in [0.2, 0.25) is 0 Å². The van der Waals surface area contributed by atoms with Crippen LogP contribution in [0.25, 0.3) is 0 Å². The molecule has 19 heavy (non-hydrogen) atoms. The highest BCUT2D eigenvalue weighted by Gasteiger charge is 2.36. The molecule has 1 aromatic carbocycles. The van der Waals surface area contributed by atoms with Crippen molar-refractivity contribution in [2.45, 2.75) is 23.0 Å². The molecule has 0 aromatic heterocycles. The lowest BCUT2D eigenvalue weighted by Crippen LogP contribution is -2.17. The fourth-order valence-corrected chi connectivity index (χ4v) is 3.34. The summed E-state index contributed by atoms with van der Waals surface area (Å²) >= 11 is 0. The lowest BCUT2D eigenvalue weighted by molar-refractivity contribution is -0.132. The second-order valence-corrected chi connectivity index (χ2v) is 6.44. The number of ether oxygens (including phenoxy) is 1. The molecule has 0 spiro atoms. The van der Waals surface area contributed by atoms with Gasteiger partial charge in [-0.2, -0.15) is 0 Å². The number of sulfone groups is 1. The van der Waals surface area contributed by atoms with Crippen LogP contribution in [0.1, 0.15) is 18.4 Å². The first-order chi connectivity index (χ1) is 9.00. The van der Waals surface area contributed by atoms with Crippen molar-refractivity contribution in [2.24, 2.45) is 5.16 Å². The Morgan fingerprint density at radius 3 is 2.32 bits per heavy atom. The molecule has 0 radical (unpaired) electrons. The largest absolute Gasteiger partial charge is 0.464 e. The van der Waals surface area contributed by atoms with Crippen LogP contribution in [0.3, 0.4) is 0 Å². The Hall–Kier alpha value is -1.89. The Bertz CT molecular complexity index is 614. The Labute approximate surface area is 110 Å². The van der Waals surface area contributed by atoms with Crippen LogP contribution in [0, 0.1) is 0 Å². The molecule has 0 saturated heterocycles. The third kappa shape index (κ3) is 2.60. The molecule has 1 N–H and O–H groups in total. The van der Waals surface area contributed by atoms with Crippen molar-refractivity contribution in [3.8, 4) is 0 Å². The number of carbonyl (C=O) groups excluding carboxylic acids is 1. The fourth-order valence-electron chi connectivity index (χ4n) is 1.69. The van der Waals surface area contributed by atoms with Gasteiger partial charge in [0.1, 0.15) is 0 Å². The van der Waals surface area contributed by atoms with Gasteiger partial charge in [-0.25, -0.2) is 13.2 Å². The zero-order valence-corrected chi connectivity index (χ0v) is 11.1. The monoisotopic (exact) mass is 283 g/mol. The minimum atomic E-state index is -3.26. The number of nitrogens with zero attached hydrogens (tertiary/aromatic N) is 1. The summed E-state index contributed by atoms with van der Waals surface area (Å²) in [6.07, 6.45) is 1.38. The van der Waals surface area contributed by atoms with E-state index in [4.69, 9.17) is 5.21 Å². The second-order valence-electron chi connectivity index (χ2n) is 4.21. The quantitative estimate of drug-likeness (QED) is 0.385. The summed E-state index contributed by atoms with van der Waals surface area (Å²) in [7, 11) is -2.09. The van der Waals surface area contributed by atoms with Gasteiger partial charge >= 0.3 is 5.97 Å². The van der Waals surface area contributed by atoms with E-state index in [0.29, 0.717) is 18.4 Å². The minimum absolute atomic E-state index is 0.209. The molecular weight excluding hydrogens is 270 g/mol. The molecule has 1 aromatic rings. The molecular formula is C12H13NO5S. The summed E-state index contributed by atoms with van der Waals surface area (Å²) in [5, 5.41) is 11.4. The Morgan fingerprint density at radius 2 is 1.89 bits per heavy atom. The average molecular weight is 283 g/mol. The van der Waals surface area contributed by atoms with E-state index in [9.17, 15) is 13.2 Å². The van der Waals surface area contributed by atoms with Gasteiger partial charge in [0.25, 0.3) is 0 Å². The normalized spacial score (nSPS) is 16.2. The molecule has 0 unspecified atom stereocenters. The first kappa shape index (κ1) is 13.5. The van der Waals surface area contributed by atoms with Crippen LogP contribution in [-0.2, 0) is 19.4 Å². The zero-order valence-electron chi connectivity index (χ0n) is 10.2. The lowest BCUT2D eigenvalue weighted by Gasteiger charge is -2.05. The van der Waals surface area contributed by atoms with Crippen molar-refractivity contribution in [2.75, 3.05) is 7.11 Å². The van der Waals surface area contributed by atoms with E-state index in [1.807, 2.05) is 0 Å². The van der Waals surface area contributed by atoms with Gasteiger partial charge in [-0.3, -0.25) is 0 Å². The summed E-state index contributed by atoms with van der Waals surface area (Å²) in [4.78, 5) is 11.5. The van der Waals surface area contributed by atoms with Crippen molar-refractivity contribution in [3.63, 3.8) is 0 Å². The molecule has 102 valence electrons. The van der Waals surface area contributed by atoms with Crippen LogP contribution < -0.4 is 0 Å². The molecule has 0 bridgehead atoms. The molecule has 0 atom stereocenters. The third-order valence-corrected chi connectivity index (χ3v) is 5.18. The molecule has 0 heterocycles.